The van der Waals surface area contributed by atoms with Crippen molar-refractivity contribution in [3.8, 4) is 5.75 Å². The Morgan fingerprint density at radius 1 is 0.966 bits per heavy atom. The number of hydrogen-bond acceptors (Lipinski definition) is 3. The number of fused-ring (bicyclic) bond motifs is 2. The molecule has 156 valence electrons. The zero-order chi connectivity index (χ0) is 20.5. The summed E-state index contributed by atoms with van der Waals surface area (Å²) in [5.74, 6) is 0.163. The number of aliphatic hydroxyl groups is 1. The lowest BCUT2D eigenvalue weighted by atomic mass is 9.72. The predicted octanol–water partition coefficient (Wildman–Crippen LogP) is 5.03. The molecule has 2 aliphatic heterocycles. The first-order valence-corrected chi connectivity index (χ1v) is 10.1. The van der Waals surface area contributed by atoms with Crippen LogP contribution in [0, 0.1) is 0 Å². The second kappa shape index (κ2) is 8.00. The fourth-order valence-electron chi connectivity index (χ4n) is 4.84. The molecule has 2 unspecified atom stereocenters. The lowest BCUT2D eigenvalue weighted by Gasteiger charge is -2.52. The molecule has 0 radical (unpaired) electrons. The van der Waals surface area contributed by atoms with Crippen LogP contribution in [0.4, 0.5) is 13.2 Å². The Morgan fingerprint density at radius 2 is 1.59 bits per heavy atom. The molecule has 2 atom stereocenters. The van der Waals surface area contributed by atoms with E-state index in [2.05, 4.69) is 17.0 Å². The van der Waals surface area contributed by atoms with E-state index in [-0.39, 0.29) is 5.75 Å². The van der Waals surface area contributed by atoms with Gasteiger partial charge in [-0.2, -0.15) is 13.2 Å². The van der Waals surface area contributed by atoms with Crippen LogP contribution in [0.5, 0.6) is 5.75 Å². The van der Waals surface area contributed by atoms with Gasteiger partial charge < -0.3 is 9.84 Å². The molecule has 6 heteroatoms. The van der Waals surface area contributed by atoms with Gasteiger partial charge >= 0.3 is 6.18 Å². The number of alkyl halides is 3. The minimum atomic E-state index is -4.36. The predicted molar refractivity (Wildman–Crippen MR) is 105 cm³/mol. The average molecular weight is 405 g/mol. The fraction of sp³-hybridized carbons (Fsp3) is 0.478. The molecule has 2 heterocycles. The highest BCUT2D eigenvalue weighted by atomic mass is 19.4. The summed E-state index contributed by atoms with van der Waals surface area (Å²) in [6.45, 7) is -0.425. The van der Waals surface area contributed by atoms with Crippen molar-refractivity contribution in [1.29, 1.82) is 0 Å². The van der Waals surface area contributed by atoms with Crippen LogP contribution in [0.1, 0.15) is 43.2 Å². The topological polar surface area (TPSA) is 32.7 Å². The van der Waals surface area contributed by atoms with Gasteiger partial charge in [0.2, 0.25) is 0 Å². The van der Waals surface area contributed by atoms with E-state index in [0.717, 1.165) is 24.9 Å². The normalized spacial score (nSPS) is 27.6. The average Bonchev–Trinajstić information content (AvgIpc) is 2.68. The van der Waals surface area contributed by atoms with Gasteiger partial charge in [-0.1, -0.05) is 48.9 Å². The second-order valence-electron chi connectivity index (χ2n) is 8.26. The monoisotopic (exact) mass is 405 g/mol. The van der Waals surface area contributed by atoms with Crippen molar-refractivity contribution in [3.63, 3.8) is 0 Å². The molecule has 4 rings (SSSR count). The Morgan fingerprint density at radius 3 is 2.17 bits per heavy atom. The summed E-state index contributed by atoms with van der Waals surface area (Å²) in [6.07, 6.45) is 0.190. The van der Waals surface area contributed by atoms with E-state index in [9.17, 15) is 18.3 Å². The molecule has 29 heavy (non-hydrogen) atoms. The van der Waals surface area contributed by atoms with Crippen LogP contribution in [0.25, 0.3) is 0 Å². The lowest BCUT2D eigenvalue weighted by molar-refractivity contribution is -0.153. The van der Waals surface area contributed by atoms with Gasteiger partial charge in [0, 0.05) is 18.6 Å². The van der Waals surface area contributed by atoms with Crippen LogP contribution < -0.4 is 4.74 Å². The molecule has 0 aromatic heterocycles. The molecule has 1 N–H and O–H groups in total. The summed E-state index contributed by atoms with van der Waals surface area (Å²) in [5.41, 5.74) is 1.08. The Labute approximate surface area is 169 Å². The third-order valence-corrected chi connectivity index (χ3v) is 6.16. The number of ether oxygens (including phenoxy) is 1. The van der Waals surface area contributed by atoms with Gasteiger partial charge in [0.05, 0.1) is 5.60 Å². The van der Waals surface area contributed by atoms with E-state index in [1.165, 1.54) is 24.1 Å². The first-order valence-electron chi connectivity index (χ1n) is 10.1. The maximum Gasteiger partial charge on any atom is 0.422 e. The van der Waals surface area contributed by atoms with Crippen LogP contribution in [-0.2, 0) is 12.1 Å². The molecular weight excluding hydrogens is 379 g/mol. The van der Waals surface area contributed by atoms with Gasteiger partial charge in [-0.25, -0.2) is 0 Å². The van der Waals surface area contributed by atoms with Crippen LogP contribution >= 0.6 is 0 Å². The SMILES string of the molecule is OC1(c2ccc(OCC(F)(F)F)cc2)CC2CCCC(C1)N2Cc1ccccc1. The first kappa shape index (κ1) is 20.2. The summed E-state index contributed by atoms with van der Waals surface area (Å²) < 4.78 is 41.8. The molecule has 2 saturated heterocycles. The zero-order valence-corrected chi connectivity index (χ0v) is 16.2. The molecule has 2 aromatic rings. The van der Waals surface area contributed by atoms with E-state index < -0.39 is 18.4 Å². The minimum Gasteiger partial charge on any atom is -0.484 e. The van der Waals surface area contributed by atoms with E-state index >= 15 is 0 Å². The number of nitrogens with zero attached hydrogens (tertiary/aromatic N) is 1. The third kappa shape index (κ3) is 4.75. The van der Waals surface area contributed by atoms with Gasteiger partial charge in [-0.05, 0) is 48.9 Å². The van der Waals surface area contributed by atoms with Gasteiger partial charge in [-0.15, -0.1) is 0 Å². The van der Waals surface area contributed by atoms with Crippen molar-refractivity contribution < 1.29 is 23.0 Å². The van der Waals surface area contributed by atoms with E-state index in [1.54, 1.807) is 12.1 Å². The molecule has 0 aliphatic carbocycles. The van der Waals surface area contributed by atoms with Crippen LogP contribution in [0.15, 0.2) is 54.6 Å². The molecule has 2 aromatic carbocycles. The Balaban J connectivity index is 1.47. The van der Waals surface area contributed by atoms with Crippen LogP contribution in [0.2, 0.25) is 0 Å². The summed E-state index contributed by atoms with van der Waals surface area (Å²) >= 11 is 0. The maximum atomic E-state index is 12.3. The van der Waals surface area contributed by atoms with Gasteiger partial charge in [-0.3, -0.25) is 4.90 Å². The number of rotatable bonds is 5. The number of piperidine rings is 2. The Hall–Kier alpha value is -2.05. The van der Waals surface area contributed by atoms with Gasteiger partial charge in [0.25, 0.3) is 0 Å². The van der Waals surface area contributed by atoms with Crippen molar-refractivity contribution in [2.24, 2.45) is 0 Å². The van der Waals surface area contributed by atoms with Crippen molar-refractivity contribution in [2.75, 3.05) is 6.61 Å². The van der Waals surface area contributed by atoms with Crippen LogP contribution in [0.3, 0.4) is 0 Å². The molecule has 0 spiro atoms. The Bertz CT molecular complexity index is 793. The van der Waals surface area contributed by atoms with Crippen molar-refractivity contribution in [2.45, 2.75) is 62.5 Å². The standard InChI is InChI=1S/C23H26F3NO2/c24-23(25,26)16-29-21-11-9-18(10-12-21)22(28)13-19-7-4-8-20(14-22)27(19)15-17-5-2-1-3-6-17/h1-3,5-6,9-12,19-20,28H,4,7-8,13-16H2. The minimum absolute atomic E-state index is 0.163. The fourth-order valence-corrected chi connectivity index (χ4v) is 4.84. The summed E-state index contributed by atoms with van der Waals surface area (Å²) in [6, 6.07) is 17.4. The quantitative estimate of drug-likeness (QED) is 0.757. The second-order valence-corrected chi connectivity index (χ2v) is 8.26. The molecule has 2 bridgehead atoms. The largest absolute Gasteiger partial charge is 0.484 e. The van der Waals surface area contributed by atoms with E-state index in [1.807, 2.05) is 18.2 Å². The Kier molecular flexibility index (Phi) is 5.58. The van der Waals surface area contributed by atoms with Crippen LogP contribution in [-0.4, -0.2) is 34.9 Å². The number of benzene rings is 2. The summed E-state index contributed by atoms with van der Waals surface area (Å²) in [4.78, 5) is 2.52. The number of hydrogen-bond donors (Lipinski definition) is 1. The highest BCUT2D eigenvalue weighted by Crippen LogP contribution is 2.45. The number of halogens is 3. The lowest BCUT2D eigenvalue weighted by Crippen LogP contribution is -2.56. The van der Waals surface area contributed by atoms with E-state index in [4.69, 9.17) is 4.74 Å². The summed E-state index contributed by atoms with van der Waals surface area (Å²) in [5, 5.41) is 11.4. The molecule has 3 nitrogen and oxygen atoms in total. The smallest absolute Gasteiger partial charge is 0.422 e. The molecule has 0 saturated carbocycles. The highest BCUT2D eigenvalue weighted by Gasteiger charge is 2.46. The van der Waals surface area contributed by atoms with Gasteiger partial charge in [0.15, 0.2) is 6.61 Å². The molecular formula is C23H26F3NO2. The first-order chi connectivity index (χ1) is 13.8. The van der Waals surface area contributed by atoms with Crippen molar-refractivity contribution in [1.82, 2.24) is 4.90 Å². The van der Waals surface area contributed by atoms with E-state index in [0.29, 0.717) is 24.9 Å². The zero-order valence-electron chi connectivity index (χ0n) is 16.2. The molecule has 2 fully saturated rings. The molecule has 2 aliphatic rings. The van der Waals surface area contributed by atoms with Crippen molar-refractivity contribution in [3.05, 3.63) is 65.7 Å². The molecule has 0 amide bonds. The third-order valence-electron chi connectivity index (χ3n) is 6.16. The van der Waals surface area contributed by atoms with Crippen molar-refractivity contribution >= 4 is 0 Å². The highest BCUT2D eigenvalue weighted by molar-refractivity contribution is 5.32. The summed E-state index contributed by atoms with van der Waals surface area (Å²) in [7, 11) is 0. The van der Waals surface area contributed by atoms with Gasteiger partial charge in [0.1, 0.15) is 5.75 Å². The maximum absolute atomic E-state index is 12.3.